The Balaban J connectivity index is 2.42. The van der Waals surface area contributed by atoms with Crippen molar-refractivity contribution in [1.82, 2.24) is 10.3 Å². The van der Waals surface area contributed by atoms with Crippen LogP contribution >= 0.6 is 0 Å². The van der Waals surface area contributed by atoms with E-state index in [2.05, 4.69) is 10.3 Å². The van der Waals surface area contributed by atoms with Crippen molar-refractivity contribution >= 4 is 5.91 Å². The smallest absolute Gasteiger partial charge is 0.246 e. The number of amides is 1. The van der Waals surface area contributed by atoms with Gasteiger partial charge in [0.1, 0.15) is 6.61 Å². The fraction of sp³-hybridized carbons (Fsp3) is 0.455. The van der Waals surface area contributed by atoms with Crippen molar-refractivity contribution in [2.75, 3.05) is 13.2 Å². The Morgan fingerprint density at radius 1 is 1.67 bits per heavy atom. The molecule has 1 N–H and O–H groups in total. The average Bonchev–Trinajstić information content (AvgIpc) is 2.27. The van der Waals surface area contributed by atoms with Gasteiger partial charge in [0.2, 0.25) is 5.91 Å². The van der Waals surface area contributed by atoms with Crippen LogP contribution in [0.3, 0.4) is 0 Å². The van der Waals surface area contributed by atoms with Crippen molar-refractivity contribution in [1.29, 1.82) is 0 Å². The minimum atomic E-state index is -0.104. The molecule has 1 aromatic heterocycles. The molecule has 1 rings (SSSR count). The van der Waals surface area contributed by atoms with E-state index in [0.717, 1.165) is 5.56 Å². The molecule has 0 saturated heterocycles. The Hall–Kier alpha value is -1.42. The fourth-order valence-corrected chi connectivity index (χ4v) is 1.19. The highest BCUT2D eigenvalue weighted by Gasteiger charge is 2.08. The Kier molecular flexibility index (Phi) is 4.77. The van der Waals surface area contributed by atoms with Crippen molar-refractivity contribution < 1.29 is 9.53 Å². The summed E-state index contributed by atoms with van der Waals surface area (Å²) in [7, 11) is 0. The summed E-state index contributed by atoms with van der Waals surface area (Å²) in [5.41, 5.74) is 0.988. The van der Waals surface area contributed by atoms with Gasteiger partial charge in [-0.2, -0.15) is 0 Å². The predicted molar refractivity (Wildman–Crippen MR) is 57.3 cm³/mol. The maximum atomic E-state index is 11.3. The number of carbonyl (C=O) groups is 1. The second-order valence-electron chi connectivity index (χ2n) is 3.21. The first-order valence-corrected chi connectivity index (χ1v) is 5.01. The summed E-state index contributed by atoms with van der Waals surface area (Å²) < 4.78 is 5.00. The van der Waals surface area contributed by atoms with Crippen LogP contribution in [0.15, 0.2) is 24.5 Å². The van der Waals surface area contributed by atoms with Gasteiger partial charge in [-0.05, 0) is 25.5 Å². The molecule has 15 heavy (non-hydrogen) atoms. The molecule has 1 aromatic rings. The molecule has 0 fully saturated rings. The number of ether oxygens (including phenoxy) is 1. The molecule has 1 amide bonds. The van der Waals surface area contributed by atoms with Gasteiger partial charge in [-0.25, -0.2) is 0 Å². The molecule has 1 atom stereocenters. The van der Waals surface area contributed by atoms with E-state index in [4.69, 9.17) is 4.74 Å². The van der Waals surface area contributed by atoms with E-state index in [1.165, 1.54) is 0 Å². The molecule has 4 heteroatoms. The molecule has 0 saturated carbocycles. The van der Waals surface area contributed by atoms with Gasteiger partial charge in [0.05, 0.1) is 6.04 Å². The van der Waals surface area contributed by atoms with Crippen molar-refractivity contribution in [3.8, 4) is 0 Å². The highest BCUT2D eigenvalue weighted by Crippen LogP contribution is 2.09. The van der Waals surface area contributed by atoms with E-state index in [1.807, 2.05) is 26.0 Å². The first-order valence-electron chi connectivity index (χ1n) is 5.01. The zero-order chi connectivity index (χ0) is 11.1. The zero-order valence-electron chi connectivity index (χ0n) is 9.06. The summed E-state index contributed by atoms with van der Waals surface area (Å²) in [6.45, 7) is 4.44. The SMILES string of the molecule is CCOCC(=O)N[C@H](C)c1cccnc1. The van der Waals surface area contributed by atoms with Crippen LogP contribution in [0.2, 0.25) is 0 Å². The number of rotatable bonds is 5. The van der Waals surface area contributed by atoms with Crippen molar-refractivity contribution in [3.05, 3.63) is 30.1 Å². The average molecular weight is 208 g/mol. The highest BCUT2D eigenvalue weighted by atomic mass is 16.5. The largest absolute Gasteiger partial charge is 0.372 e. The number of nitrogens with one attached hydrogen (secondary N) is 1. The van der Waals surface area contributed by atoms with Gasteiger partial charge in [0, 0.05) is 19.0 Å². The van der Waals surface area contributed by atoms with Crippen LogP contribution in [0.5, 0.6) is 0 Å². The summed E-state index contributed by atoms with van der Waals surface area (Å²) >= 11 is 0. The number of hydrogen-bond acceptors (Lipinski definition) is 3. The van der Waals surface area contributed by atoms with E-state index < -0.39 is 0 Å². The lowest BCUT2D eigenvalue weighted by atomic mass is 10.1. The van der Waals surface area contributed by atoms with E-state index in [9.17, 15) is 4.79 Å². The van der Waals surface area contributed by atoms with Crippen LogP contribution in [-0.4, -0.2) is 24.1 Å². The Bertz CT molecular complexity index is 301. The normalized spacial score (nSPS) is 12.1. The molecular weight excluding hydrogens is 192 g/mol. The lowest BCUT2D eigenvalue weighted by Crippen LogP contribution is -2.30. The van der Waals surface area contributed by atoms with Crippen LogP contribution in [0, 0.1) is 0 Å². The molecule has 0 aliphatic carbocycles. The maximum Gasteiger partial charge on any atom is 0.246 e. The predicted octanol–water partition coefficient (Wildman–Crippen LogP) is 1.30. The molecule has 0 aliphatic rings. The number of nitrogens with zero attached hydrogens (tertiary/aromatic N) is 1. The molecule has 1 heterocycles. The number of pyridine rings is 1. The van der Waals surface area contributed by atoms with Crippen molar-refractivity contribution in [3.63, 3.8) is 0 Å². The highest BCUT2D eigenvalue weighted by molar-refractivity contribution is 5.77. The standard InChI is InChI=1S/C11H16N2O2/c1-3-15-8-11(14)13-9(2)10-5-4-6-12-7-10/h4-7,9H,3,8H2,1-2H3,(H,13,14)/t9-/m1/s1. The summed E-state index contributed by atoms with van der Waals surface area (Å²) in [6, 6.07) is 3.74. The third-order valence-corrected chi connectivity index (χ3v) is 2.00. The third kappa shape index (κ3) is 4.08. The molecule has 4 nitrogen and oxygen atoms in total. The van der Waals surface area contributed by atoms with Crippen molar-refractivity contribution in [2.45, 2.75) is 19.9 Å². The summed E-state index contributed by atoms with van der Waals surface area (Å²) in [5, 5.41) is 2.83. The minimum absolute atomic E-state index is 0.0355. The van der Waals surface area contributed by atoms with Gasteiger partial charge in [0.15, 0.2) is 0 Å². The maximum absolute atomic E-state index is 11.3. The van der Waals surface area contributed by atoms with Gasteiger partial charge in [-0.15, -0.1) is 0 Å². The van der Waals surface area contributed by atoms with Gasteiger partial charge in [-0.1, -0.05) is 6.07 Å². The summed E-state index contributed by atoms with van der Waals surface area (Å²) in [5.74, 6) is -0.104. The summed E-state index contributed by atoms with van der Waals surface area (Å²) in [6.07, 6.45) is 3.45. The monoisotopic (exact) mass is 208 g/mol. The molecule has 0 radical (unpaired) electrons. The van der Waals surface area contributed by atoms with Crippen LogP contribution in [0.25, 0.3) is 0 Å². The molecule has 0 aromatic carbocycles. The third-order valence-electron chi connectivity index (χ3n) is 2.00. The fourth-order valence-electron chi connectivity index (χ4n) is 1.19. The van der Waals surface area contributed by atoms with Crippen LogP contribution in [-0.2, 0) is 9.53 Å². The Labute approximate surface area is 89.7 Å². The van der Waals surface area contributed by atoms with E-state index in [1.54, 1.807) is 12.4 Å². The number of aromatic nitrogens is 1. The lowest BCUT2D eigenvalue weighted by molar-refractivity contribution is -0.126. The van der Waals surface area contributed by atoms with E-state index >= 15 is 0 Å². The zero-order valence-corrected chi connectivity index (χ0v) is 9.06. The molecule has 0 bridgehead atoms. The quantitative estimate of drug-likeness (QED) is 0.793. The van der Waals surface area contributed by atoms with Gasteiger partial charge < -0.3 is 10.1 Å². The minimum Gasteiger partial charge on any atom is -0.372 e. The second-order valence-corrected chi connectivity index (χ2v) is 3.21. The van der Waals surface area contributed by atoms with Gasteiger partial charge in [-0.3, -0.25) is 9.78 Å². The van der Waals surface area contributed by atoms with Gasteiger partial charge in [0.25, 0.3) is 0 Å². The first-order chi connectivity index (χ1) is 7.24. The lowest BCUT2D eigenvalue weighted by Gasteiger charge is -2.13. The molecule has 0 spiro atoms. The van der Waals surface area contributed by atoms with Crippen LogP contribution in [0.4, 0.5) is 0 Å². The van der Waals surface area contributed by atoms with E-state index in [-0.39, 0.29) is 18.6 Å². The Morgan fingerprint density at radius 2 is 2.47 bits per heavy atom. The molecular formula is C11H16N2O2. The topological polar surface area (TPSA) is 51.2 Å². The molecule has 82 valence electrons. The molecule has 0 unspecified atom stereocenters. The van der Waals surface area contributed by atoms with Gasteiger partial charge >= 0.3 is 0 Å². The van der Waals surface area contributed by atoms with Crippen molar-refractivity contribution in [2.24, 2.45) is 0 Å². The molecule has 0 aliphatic heterocycles. The second kappa shape index (κ2) is 6.14. The van der Waals surface area contributed by atoms with E-state index in [0.29, 0.717) is 6.61 Å². The van der Waals surface area contributed by atoms with Crippen LogP contribution in [0.1, 0.15) is 25.5 Å². The summed E-state index contributed by atoms with van der Waals surface area (Å²) in [4.78, 5) is 15.3. The number of carbonyl (C=O) groups excluding carboxylic acids is 1. The first kappa shape index (κ1) is 11.7. The van der Waals surface area contributed by atoms with Crippen LogP contribution < -0.4 is 5.32 Å². The number of hydrogen-bond donors (Lipinski definition) is 1. The Morgan fingerprint density at radius 3 is 3.07 bits per heavy atom.